The molecule has 1 fully saturated rings. The van der Waals surface area contributed by atoms with Gasteiger partial charge in [-0.15, -0.1) is 0 Å². The van der Waals surface area contributed by atoms with Crippen molar-refractivity contribution in [1.82, 2.24) is 4.90 Å². The minimum absolute atomic E-state index is 0.128. The number of nitrogens with one attached hydrogen (secondary N) is 2. The highest BCUT2D eigenvalue weighted by Crippen LogP contribution is 2.29. The van der Waals surface area contributed by atoms with Gasteiger partial charge >= 0.3 is 0 Å². The van der Waals surface area contributed by atoms with Crippen LogP contribution in [0.5, 0.6) is 5.75 Å². The van der Waals surface area contributed by atoms with Crippen LogP contribution in [0.25, 0.3) is 0 Å². The van der Waals surface area contributed by atoms with E-state index in [0.29, 0.717) is 30.0 Å². The van der Waals surface area contributed by atoms with Crippen molar-refractivity contribution in [3.8, 4) is 5.75 Å². The molecule has 1 heterocycles. The summed E-state index contributed by atoms with van der Waals surface area (Å²) in [5, 5.41) is 11.6. The highest BCUT2D eigenvalue weighted by Gasteiger charge is 2.19. The lowest BCUT2D eigenvalue weighted by atomic mass is 10.0. The molecule has 0 aromatic heterocycles. The number of methoxy groups -OCH3 is 1. The molecule has 128 valence electrons. The second kappa shape index (κ2) is 8.26. The molecule has 0 radical (unpaired) electrons. The fourth-order valence-electron chi connectivity index (χ4n) is 2.58. The quantitative estimate of drug-likeness (QED) is 0.757. The summed E-state index contributed by atoms with van der Waals surface area (Å²) in [6, 6.07) is 2.99. The van der Waals surface area contributed by atoms with Crippen LogP contribution in [-0.2, 0) is 4.74 Å². The number of hydrogen-bond acceptors (Lipinski definition) is 5. The highest BCUT2D eigenvalue weighted by atomic mass is 19.1. The number of benzene rings is 1. The summed E-state index contributed by atoms with van der Waals surface area (Å²) in [7, 11) is 5.37. The number of ether oxygens (including phenoxy) is 2. The molecule has 1 atom stereocenters. The van der Waals surface area contributed by atoms with Crippen molar-refractivity contribution in [2.24, 2.45) is 0 Å². The number of anilines is 1. The number of nitrogens with zero attached hydrogens (tertiary/aromatic N) is 1. The number of rotatable bonds is 7. The van der Waals surface area contributed by atoms with Crippen molar-refractivity contribution in [1.29, 1.82) is 5.41 Å². The zero-order valence-corrected chi connectivity index (χ0v) is 14.1. The normalized spacial score (nSPS) is 18.0. The first-order valence-corrected chi connectivity index (χ1v) is 7.99. The Morgan fingerprint density at radius 2 is 2.22 bits per heavy atom. The molecule has 1 aliphatic rings. The minimum Gasteiger partial charge on any atom is -0.494 e. The van der Waals surface area contributed by atoms with Gasteiger partial charge in [0.25, 0.3) is 0 Å². The van der Waals surface area contributed by atoms with Crippen LogP contribution in [0, 0.1) is 11.2 Å². The molecule has 1 aliphatic heterocycles. The van der Waals surface area contributed by atoms with Gasteiger partial charge in [-0.1, -0.05) is 0 Å². The van der Waals surface area contributed by atoms with Crippen molar-refractivity contribution >= 4 is 11.4 Å². The lowest BCUT2D eigenvalue weighted by Gasteiger charge is -2.26. The predicted molar refractivity (Wildman–Crippen MR) is 90.2 cm³/mol. The SMILES string of the molecule is COc1cc(C(=N)CCN(C)C)c(NC2CCCCO2)cc1F. The molecule has 23 heavy (non-hydrogen) atoms. The van der Waals surface area contributed by atoms with E-state index in [1.165, 1.54) is 13.2 Å². The molecule has 2 rings (SSSR count). The maximum absolute atomic E-state index is 14.1. The first-order chi connectivity index (χ1) is 11.0. The second-order valence-corrected chi connectivity index (χ2v) is 6.06. The van der Waals surface area contributed by atoms with Gasteiger partial charge in [0.15, 0.2) is 11.6 Å². The van der Waals surface area contributed by atoms with E-state index in [-0.39, 0.29) is 12.0 Å². The summed E-state index contributed by atoms with van der Waals surface area (Å²) in [5.41, 5.74) is 1.72. The molecule has 5 nitrogen and oxygen atoms in total. The van der Waals surface area contributed by atoms with E-state index in [4.69, 9.17) is 14.9 Å². The van der Waals surface area contributed by atoms with Gasteiger partial charge in [0.05, 0.1) is 7.11 Å². The lowest BCUT2D eigenvalue weighted by Crippen LogP contribution is -2.28. The molecule has 0 amide bonds. The average Bonchev–Trinajstić information content (AvgIpc) is 2.54. The average molecular weight is 323 g/mol. The van der Waals surface area contributed by atoms with Crippen LogP contribution in [-0.4, -0.2) is 51.2 Å². The minimum atomic E-state index is -0.435. The monoisotopic (exact) mass is 323 g/mol. The largest absolute Gasteiger partial charge is 0.494 e. The van der Waals surface area contributed by atoms with Gasteiger partial charge in [0, 0.05) is 42.6 Å². The summed E-state index contributed by atoms with van der Waals surface area (Å²) in [6.45, 7) is 1.47. The number of hydrogen-bond donors (Lipinski definition) is 2. The van der Waals surface area contributed by atoms with Crippen LogP contribution in [0.15, 0.2) is 12.1 Å². The molecular weight excluding hydrogens is 297 g/mol. The van der Waals surface area contributed by atoms with E-state index >= 15 is 0 Å². The van der Waals surface area contributed by atoms with Crippen molar-refractivity contribution in [2.45, 2.75) is 31.9 Å². The predicted octanol–water partition coefficient (Wildman–Crippen LogP) is 3.09. The molecule has 0 spiro atoms. The zero-order chi connectivity index (χ0) is 16.8. The van der Waals surface area contributed by atoms with Crippen LogP contribution in [0.2, 0.25) is 0 Å². The number of halogens is 1. The Hall–Kier alpha value is -1.66. The molecular formula is C17H26FN3O2. The summed E-state index contributed by atoms with van der Waals surface area (Å²) in [5.74, 6) is -0.278. The first kappa shape index (κ1) is 17.7. The van der Waals surface area contributed by atoms with Gasteiger partial charge < -0.3 is 25.1 Å². The first-order valence-electron chi connectivity index (χ1n) is 7.99. The van der Waals surface area contributed by atoms with E-state index in [1.54, 1.807) is 6.07 Å². The Balaban J connectivity index is 2.23. The maximum Gasteiger partial charge on any atom is 0.167 e. The van der Waals surface area contributed by atoms with Crippen LogP contribution in [0.3, 0.4) is 0 Å². The third-order valence-electron chi connectivity index (χ3n) is 3.92. The zero-order valence-electron chi connectivity index (χ0n) is 14.1. The Labute approximate surface area is 137 Å². The fraction of sp³-hybridized carbons (Fsp3) is 0.588. The topological polar surface area (TPSA) is 57.6 Å². The van der Waals surface area contributed by atoms with Crippen molar-refractivity contribution in [2.75, 3.05) is 39.7 Å². The summed E-state index contributed by atoms with van der Waals surface area (Å²) < 4.78 is 24.8. The Morgan fingerprint density at radius 3 is 2.83 bits per heavy atom. The van der Waals surface area contributed by atoms with Crippen LogP contribution in [0.1, 0.15) is 31.2 Å². The van der Waals surface area contributed by atoms with E-state index in [9.17, 15) is 4.39 Å². The molecule has 1 aromatic rings. The van der Waals surface area contributed by atoms with Gasteiger partial charge in [0.2, 0.25) is 0 Å². The molecule has 0 saturated carbocycles. The van der Waals surface area contributed by atoms with Gasteiger partial charge in [-0.3, -0.25) is 0 Å². The molecule has 2 N–H and O–H groups in total. The Morgan fingerprint density at radius 1 is 1.43 bits per heavy atom. The lowest BCUT2D eigenvalue weighted by molar-refractivity contribution is 0.0343. The molecule has 6 heteroatoms. The van der Waals surface area contributed by atoms with Gasteiger partial charge in [0.1, 0.15) is 6.23 Å². The highest BCUT2D eigenvalue weighted by molar-refractivity contribution is 6.03. The van der Waals surface area contributed by atoms with Gasteiger partial charge in [-0.25, -0.2) is 4.39 Å². The molecule has 1 aromatic carbocycles. The molecule has 1 unspecified atom stereocenters. The van der Waals surface area contributed by atoms with Crippen LogP contribution < -0.4 is 10.1 Å². The molecule has 0 aliphatic carbocycles. The third kappa shape index (κ3) is 4.91. The van der Waals surface area contributed by atoms with Crippen molar-refractivity contribution in [3.05, 3.63) is 23.5 Å². The molecule has 1 saturated heterocycles. The summed E-state index contributed by atoms with van der Waals surface area (Å²) in [4.78, 5) is 2.02. The summed E-state index contributed by atoms with van der Waals surface area (Å²) >= 11 is 0. The van der Waals surface area contributed by atoms with E-state index in [1.807, 2.05) is 19.0 Å². The fourth-order valence-corrected chi connectivity index (χ4v) is 2.58. The van der Waals surface area contributed by atoms with E-state index in [2.05, 4.69) is 5.32 Å². The smallest absolute Gasteiger partial charge is 0.167 e. The maximum atomic E-state index is 14.1. The third-order valence-corrected chi connectivity index (χ3v) is 3.92. The van der Waals surface area contributed by atoms with Gasteiger partial charge in [-0.05, 0) is 39.4 Å². The van der Waals surface area contributed by atoms with Crippen molar-refractivity contribution in [3.63, 3.8) is 0 Å². The Bertz CT molecular complexity index is 543. The van der Waals surface area contributed by atoms with E-state index in [0.717, 1.165) is 25.8 Å². The van der Waals surface area contributed by atoms with Crippen molar-refractivity contribution < 1.29 is 13.9 Å². The van der Waals surface area contributed by atoms with Crippen LogP contribution in [0.4, 0.5) is 10.1 Å². The second-order valence-electron chi connectivity index (χ2n) is 6.06. The Kier molecular flexibility index (Phi) is 6.36. The van der Waals surface area contributed by atoms with Crippen LogP contribution >= 0.6 is 0 Å². The standard InChI is InChI=1S/C17H26FN3O2/c1-21(2)8-7-14(19)12-10-16(22-3)13(18)11-15(12)20-17-6-4-5-9-23-17/h10-11,17,19-20H,4-9H2,1-3H3. The molecule has 0 bridgehead atoms. The van der Waals surface area contributed by atoms with E-state index < -0.39 is 5.82 Å². The summed E-state index contributed by atoms with van der Waals surface area (Å²) in [6.07, 6.45) is 3.49. The van der Waals surface area contributed by atoms with Gasteiger partial charge in [-0.2, -0.15) is 0 Å².